The predicted octanol–water partition coefficient (Wildman–Crippen LogP) is 2.20. The molecule has 78 valence electrons. The van der Waals surface area contributed by atoms with Crippen molar-refractivity contribution in [1.82, 2.24) is 0 Å². The topological polar surface area (TPSA) is 26.3 Å². The third kappa shape index (κ3) is 2.97. The zero-order chi connectivity index (χ0) is 11.3. The van der Waals surface area contributed by atoms with Crippen LogP contribution in [0.25, 0.3) is 0 Å². The molecule has 1 aromatic rings. The third-order valence-electron chi connectivity index (χ3n) is 1.67. The Kier molecular flexibility index (Phi) is 4.14. The monoisotopic (exact) mass is 226 g/mol. The Morgan fingerprint density at radius 3 is 2.87 bits per heavy atom. The number of methoxy groups -OCH3 is 1. The normalized spacial score (nSPS) is 9.00. The van der Waals surface area contributed by atoms with E-state index < -0.39 is 11.8 Å². The van der Waals surface area contributed by atoms with Gasteiger partial charge in [0, 0.05) is 5.56 Å². The first-order valence-corrected chi connectivity index (χ1v) is 4.65. The predicted molar refractivity (Wildman–Crippen MR) is 55.3 cm³/mol. The number of hydrogen-bond donors (Lipinski definition) is 0. The second-order valence-corrected chi connectivity index (χ2v) is 2.89. The fraction of sp³-hybridized carbons (Fsp3) is 0.182. The Balaban J connectivity index is 3.03. The summed E-state index contributed by atoms with van der Waals surface area (Å²) < 4.78 is 17.7. The van der Waals surface area contributed by atoms with E-state index in [2.05, 4.69) is 16.6 Å². The summed E-state index contributed by atoms with van der Waals surface area (Å²) in [5.41, 5.74) is 0.370. The van der Waals surface area contributed by atoms with Gasteiger partial charge in [0.15, 0.2) is 0 Å². The highest BCUT2D eigenvalue weighted by Crippen LogP contribution is 2.10. The maximum atomic E-state index is 13.3. The molecule has 1 rings (SSSR count). The molecule has 0 radical (unpaired) electrons. The number of esters is 1. The van der Waals surface area contributed by atoms with Gasteiger partial charge < -0.3 is 4.74 Å². The van der Waals surface area contributed by atoms with Crippen LogP contribution < -0.4 is 0 Å². The van der Waals surface area contributed by atoms with Crippen molar-refractivity contribution in [3.05, 3.63) is 35.1 Å². The second kappa shape index (κ2) is 5.38. The Bertz CT molecular complexity index is 432. The zero-order valence-corrected chi connectivity index (χ0v) is 8.77. The molecule has 0 unspecified atom stereocenters. The minimum Gasteiger partial charge on any atom is -0.465 e. The van der Waals surface area contributed by atoms with Gasteiger partial charge in [0.25, 0.3) is 0 Å². The van der Waals surface area contributed by atoms with Crippen LogP contribution in [0.1, 0.15) is 15.9 Å². The van der Waals surface area contributed by atoms with E-state index in [1.54, 1.807) is 0 Å². The molecular formula is C11H8ClFO2. The van der Waals surface area contributed by atoms with E-state index in [9.17, 15) is 9.18 Å². The van der Waals surface area contributed by atoms with Gasteiger partial charge >= 0.3 is 5.97 Å². The molecule has 0 N–H and O–H groups in total. The van der Waals surface area contributed by atoms with Gasteiger partial charge in [0.2, 0.25) is 0 Å². The van der Waals surface area contributed by atoms with E-state index in [-0.39, 0.29) is 11.4 Å². The van der Waals surface area contributed by atoms with Gasteiger partial charge in [-0.1, -0.05) is 11.8 Å². The molecule has 0 saturated heterocycles. The van der Waals surface area contributed by atoms with Crippen LogP contribution in [-0.2, 0) is 4.74 Å². The van der Waals surface area contributed by atoms with Gasteiger partial charge in [-0.25, -0.2) is 9.18 Å². The summed E-state index contributed by atoms with van der Waals surface area (Å²) in [5.74, 6) is 4.06. The Morgan fingerprint density at radius 1 is 1.60 bits per heavy atom. The Hall–Kier alpha value is -1.53. The average molecular weight is 227 g/mol. The molecule has 0 bridgehead atoms. The highest BCUT2D eigenvalue weighted by molar-refractivity contribution is 6.19. The summed E-state index contributed by atoms with van der Waals surface area (Å²) in [5, 5.41) is 0. The van der Waals surface area contributed by atoms with Crippen LogP contribution in [-0.4, -0.2) is 19.0 Å². The molecule has 0 aromatic heterocycles. The lowest BCUT2D eigenvalue weighted by Gasteiger charge is -2.00. The van der Waals surface area contributed by atoms with Crippen LogP contribution in [0.2, 0.25) is 0 Å². The second-order valence-electron chi connectivity index (χ2n) is 2.62. The largest absolute Gasteiger partial charge is 0.465 e. The van der Waals surface area contributed by atoms with Crippen molar-refractivity contribution in [2.24, 2.45) is 0 Å². The summed E-state index contributed by atoms with van der Waals surface area (Å²) >= 11 is 5.35. The lowest BCUT2D eigenvalue weighted by molar-refractivity contribution is 0.0595. The van der Waals surface area contributed by atoms with Crippen LogP contribution in [0, 0.1) is 17.7 Å². The fourth-order valence-electron chi connectivity index (χ4n) is 1.00. The highest BCUT2D eigenvalue weighted by Gasteiger charge is 2.11. The lowest BCUT2D eigenvalue weighted by atomic mass is 10.1. The van der Waals surface area contributed by atoms with Crippen molar-refractivity contribution in [2.75, 3.05) is 13.0 Å². The lowest BCUT2D eigenvalue weighted by Crippen LogP contribution is -2.04. The summed E-state index contributed by atoms with van der Waals surface area (Å²) in [6.45, 7) is 0. The Labute approximate surface area is 92.0 Å². The first-order valence-electron chi connectivity index (χ1n) is 4.11. The molecule has 0 amide bonds. The first-order chi connectivity index (χ1) is 7.19. The third-order valence-corrected chi connectivity index (χ3v) is 1.81. The molecule has 0 heterocycles. The highest BCUT2D eigenvalue weighted by atomic mass is 35.5. The quantitative estimate of drug-likeness (QED) is 0.417. The first kappa shape index (κ1) is 11.5. The van der Waals surface area contributed by atoms with E-state index in [1.807, 2.05) is 0 Å². The van der Waals surface area contributed by atoms with Crippen molar-refractivity contribution in [3.63, 3.8) is 0 Å². The van der Waals surface area contributed by atoms with Gasteiger partial charge in [0.1, 0.15) is 5.82 Å². The van der Waals surface area contributed by atoms with Crippen LogP contribution in [0.3, 0.4) is 0 Å². The number of benzene rings is 1. The molecule has 0 fully saturated rings. The SMILES string of the molecule is COC(=O)c1ccc(C#CCCl)cc1F. The van der Waals surface area contributed by atoms with Gasteiger partial charge in [-0.15, -0.1) is 11.6 Å². The molecule has 0 aliphatic rings. The number of carbonyl (C=O) groups is 1. The average Bonchev–Trinajstić information content (AvgIpc) is 2.25. The van der Waals surface area contributed by atoms with Crippen LogP contribution in [0.15, 0.2) is 18.2 Å². The summed E-state index contributed by atoms with van der Waals surface area (Å²) in [4.78, 5) is 11.0. The molecule has 0 aliphatic heterocycles. The number of hydrogen-bond acceptors (Lipinski definition) is 2. The summed E-state index contributed by atoms with van der Waals surface area (Å²) in [6.07, 6.45) is 0. The van der Waals surface area contributed by atoms with E-state index in [0.29, 0.717) is 5.56 Å². The molecule has 0 saturated carbocycles. The van der Waals surface area contributed by atoms with E-state index >= 15 is 0 Å². The van der Waals surface area contributed by atoms with Gasteiger partial charge in [-0.3, -0.25) is 0 Å². The molecular weight excluding hydrogens is 219 g/mol. The maximum absolute atomic E-state index is 13.3. The van der Waals surface area contributed by atoms with Crippen molar-refractivity contribution >= 4 is 17.6 Å². The Morgan fingerprint density at radius 2 is 2.33 bits per heavy atom. The maximum Gasteiger partial charge on any atom is 0.340 e. The van der Waals surface area contributed by atoms with E-state index in [0.717, 1.165) is 0 Å². The van der Waals surface area contributed by atoms with Crippen molar-refractivity contribution < 1.29 is 13.9 Å². The van der Waals surface area contributed by atoms with Crippen molar-refractivity contribution in [1.29, 1.82) is 0 Å². The van der Waals surface area contributed by atoms with Gasteiger partial charge in [-0.05, 0) is 18.2 Å². The smallest absolute Gasteiger partial charge is 0.340 e. The van der Waals surface area contributed by atoms with Crippen LogP contribution in [0.5, 0.6) is 0 Å². The minimum absolute atomic E-state index is 0.103. The number of alkyl halides is 1. The summed E-state index contributed by atoms with van der Waals surface area (Å²) in [7, 11) is 1.20. The van der Waals surface area contributed by atoms with Gasteiger partial charge in [-0.2, -0.15) is 0 Å². The van der Waals surface area contributed by atoms with E-state index in [4.69, 9.17) is 11.6 Å². The van der Waals surface area contributed by atoms with Crippen molar-refractivity contribution in [3.8, 4) is 11.8 Å². The molecule has 4 heteroatoms. The van der Waals surface area contributed by atoms with Crippen molar-refractivity contribution in [2.45, 2.75) is 0 Å². The van der Waals surface area contributed by atoms with Gasteiger partial charge in [0.05, 0.1) is 18.6 Å². The molecule has 0 aliphatic carbocycles. The summed E-state index contributed by atoms with van der Waals surface area (Å²) in [6, 6.07) is 4.04. The molecule has 0 spiro atoms. The van der Waals surface area contributed by atoms with Crippen LogP contribution in [0.4, 0.5) is 4.39 Å². The molecule has 2 nitrogen and oxygen atoms in total. The molecule has 15 heavy (non-hydrogen) atoms. The standard InChI is InChI=1S/C11H8ClFO2/c1-15-11(14)9-5-4-8(3-2-6-12)7-10(9)13/h4-5,7H,6H2,1H3. The number of rotatable bonds is 1. The molecule has 1 aromatic carbocycles. The molecule has 0 atom stereocenters. The zero-order valence-electron chi connectivity index (χ0n) is 8.01. The van der Waals surface area contributed by atoms with Crippen LogP contribution >= 0.6 is 11.6 Å². The number of halogens is 2. The fourth-order valence-corrected chi connectivity index (χ4v) is 1.07. The number of ether oxygens (including phenoxy) is 1. The number of carbonyl (C=O) groups excluding carboxylic acids is 1. The minimum atomic E-state index is -0.704. The van der Waals surface area contributed by atoms with E-state index in [1.165, 1.54) is 25.3 Å².